The van der Waals surface area contributed by atoms with E-state index in [4.69, 9.17) is 14.2 Å². The summed E-state index contributed by atoms with van der Waals surface area (Å²) in [6.45, 7) is 6.96. The number of amides is 1. The van der Waals surface area contributed by atoms with Gasteiger partial charge < -0.3 is 19.1 Å². The summed E-state index contributed by atoms with van der Waals surface area (Å²) in [5, 5.41) is 0. The molecule has 0 bridgehead atoms. The second-order valence-electron chi connectivity index (χ2n) is 7.24. The molecule has 1 amide bonds. The van der Waals surface area contributed by atoms with Crippen molar-refractivity contribution >= 4 is 12.0 Å². The van der Waals surface area contributed by atoms with Crippen molar-refractivity contribution in [3.63, 3.8) is 0 Å². The number of carbonyl (C=O) groups excluding carboxylic acids is 1. The second-order valence-corrected chi connectivity index (χ2v) is 7.24. The van der Waals surface area contributed by atoms with Crippen molar-refractivity contribution in [3.8, 4) is 11.5 Å². The van der Waals surface area contributed by atoms with Gasteiger partial charge >= 0.3 is 0 Å². The number of carbonyl (C=O) groups is 1. The van der Waals surface area contributed by atoms with Gasteiger partial charge in [0.05, 0.1) is 19.3 Å². The van der Waals surface area contributed by atoms with E-state index in [1.165, 1.54) is 0 Å². The molecule has 0 spiro atoms. The molecule has 1 heterocycles. The summed E-state index contributed by atoms with van der Waals surface area (Å²) in [6.07, 6.45) is 5.62. The van der Waals surface area contributed by atoms with E-state index >= 15 is 0 Å². The lowest BCUT2D eigenvalue weighted by Crippen LogP contribution is -2.35. The first-order valence-electron chi connectivity index (χ1n) is 10.7. The molecule has 0 radical (unpaired) electrons. The van der Waals surface area contributed by atoms with Crippen LogP contribution in [0.4, 0.5) is 0 Å². The third-order valence-electron chi connectivity index (χ3n) is 4.96. The van der Waals surface area contributed by atoms with E-state index in [1.54, 1.807) is 6.08 Å². The van der Waals surface area contributed by atoms with E-state index in [0.29, 0.717) is 37.8 Å². The Hall–Kier alpha value is -2.79. The first-order chi connectivity index (χ1) is 14.7. The van der Waals surface area contributed by atoms with Gasteiger partial charge in [0.25, 0.3) is 0 Å². The highest BCUT2D eigenvalue weighted by molar-refractivity contribution is 5.91. The van der Waals surface area contributed by atoms with Crippen LogP contribution in [0.25, 0.3) is 6.08 Å². The molecule has 160 valence electrons. The molecular formula is C25H31NO4. The molecule has 0 aliphatic carbocycles. The van der Waals surface area contributed by atoms with E-state index in [9.17, 15) is 4.79 Å². The topological polar surface area (TPSA) is 48.0 Å². The Bertz CT molecular complexity index is 828. The Morgan fingerprint density at radius 3 is 2.57 bits per heavy atom. The molecule has 1 atom stereocenters. The summed E-state index contributed by atoms with van der Waals surface area (Å²) in [4.78, 5) is 14.9. The highest BCUT2D eigenvalue weighted by Gasteiger charge is 2.21. The van der Waals surface area contributed by atoms with Crippen LogP contribution >= 0.6 is 0 Å². The molecule has 0 aromatic heterocycles. The van der Waals surface area contributed by atoms with Crippen LogP contribution < -0.4 is 9.47 Å². The summed E-state index contributed by atoms with van der Waals surface area (Å²) in [7, 11) is 0. The Morgan fingerprint density at radius 1 is 1.10 bits per heavy atom. The summed E-state index contributed by atoms with van der Waals surface area (Å²) in [5.41, 5.74) is 2.00. The maximum atomic E-state index is 13.0. The standard InChI is InChI=1S/C25H31NO4/c1-3-28-23-14-12-20(17-24(23)29-4-2)13-15-25(27)26(19-22-11-8-16-30-22)18-21-9-6-5-7-10-21/h5-7,9-10,12-15,17,22H,3-4,8,11,16,18-19H2,1-2H3/b15-13+. The van der Waals surface area contributed by atoms with Gasteiger partial charge in [-0.1, -0.05) is 36.4 Å². The Balaban J connectivity index is 1.73. The van der Waals surface area contributed by atoms with Crippen LogP contribution in [0.2, 0.25) is 0 Å². The highest BCUT2D eigenvalue weighted by atomic mass is 16.5. The third kappa shape index (κ3) is 6.36. The predicted molar refractivity (Wildman–Crippen MR) is 119 cm³/mol. The molecule has 1 fully saturated rings. The van der Waals surface area contributed by atoms with Crippen molar-refractivity contribution in [2.45, 2.75) is 39.3 Å². The van der Waals surface area contributed by atoms with E-state index in [-0.39, 0.29) is 12.0 Å². The SMILES string of the molecule is CCOc1ccc(/C=C/C(=O)N(Cc2ccccc2)CC2CCCO2)cc1OCC. The monoisotopic (exact) mass is 409 g/mol. The van der Waals surface area contributed by atoms with Gasteiger partial charge in [-0.25, -0.2) is 0 Å². The number of rotatable bonds is 10. The van der Waals surface area contributed by atoms with Crippen molar-refractivity contribution in [2.75, 3.05) is 26.4 Å². The first kappa shape index (κ1) is 21.9. The van der Waals surface area contributed by atoms with Crippen molar-refractivity contribution in [1.82, 2.24) is 4.90 Å². The van der Waals surface area contributed by atoms with Gasteiger partial charge in [-0.15, -0.1) is 0 Å². The van der Waals surface area contributed by atoms with Gasteiger partial charge in [-0.05, 0) is 56.0 Å². The molecule has 5 nitrogen and oxygen atoms in total. The van der Waals surface area contributed by atoms with Crippen LogP contribution in [0.5, 0.6) is 11.5 Å². The third-order valence-corrected chi connectivity index (χ3v) is 4.96. The number of hydrogen-bond acceptors (Lipinski definition) is 4. The smallest absolute Gasteiger partial charge is 0.246 e. The first-order valence-corrected chi connectivity index (χ1v) is 10.7. The fourth-order valence-electron chi connectivity index (χ4n) is 3.51. The molecule has 2 aromatic carbocycles. The summed E-state index contributed by atoms with van der Waals surface area (Å²) in [6, 6.07) is 15.8. The number of benzene rings is 2. The van der Waals surface area contributed by atoms with Crippen molar-refractivity contribution in [3.05, 3.63) is 65.7 Å². The minimum Gasteiger partial charge on any atom is -0.490 e. The molecule has 0 N–H and O–H groups in total. The number of ether oxygens (including phenoxy) is 3. The zero-order chi connectivity index (χ0) is 21.2. The van der Waals surface area contributed by atoms with Gasteiger partial charge in [0.15, 0.2) is 11.5 Å². The molecule has 5 heteroatoms. The number of hydrogen-bond donors (Lipinski definition) is 0. The molecule has 3 rings (SSSR count). The van der Waals surface area contributed by atoms with Crippen LogP contribution in [-0.4, -0.2) is 43.3 Å². The Labute approximate surface area is 179 Å². The lowest BCUT2D eigenvalue weighted by Gasteiger charge is -2.24. The van der Waals surface area contributed by atoms with Gasteiger partial charge in [0, 0.05) is 25.8 Å². The second kappa shape index (κ2) is 11.4. The maximum absolute atomic E-state index is 13.0. The zero-order valence-corrected chi connectivity index (χ0v) is 17.9. The molecule has 1 unspecified atom stereocenters. The van der Waals surface area contributed by atoms with Gasteiger partial charge in [0.1, 0.15) is 0 Å². The molecular weight excluding hydrogens is 378 g/mol. The fourth-order valence-corrected chi connectivity index (χ4v) is 3.51. The highest BCUT2D eigenvalue weighted by Crippen LogP contribution is 2.29. The molecule has 2 aromatic rings. The van der Waals surface area contributed by atoms with Crippen LogP contribution in [0, 0.1) is 0 Å². The fraction of sp³-hybridized carbons (Fsp3) is 0.400. The summed E-state index contributed by atoms with van der Waals surface area (Å²) >= 11 is 0. The maximum Gasteiger partial charge on any atom is 0.246 e. The van der Waals surface area contributed by atoms with E-state index in [2.05, 4.69) is 0 Å². The van der Waals surface area contributed by atoms with Gasteiger partial charge in [0.2, 0.25) is 5.91 Å². The van der Waals surface area contributed by atoms with Crippen LogP contribution in [-0.2, 0) is 16.1 Å². The largest absolute Gasteiger partial charge is 0.490 e. The minimum atomic E-state index is -0.0267. The van der Waals surface area contributed by atoms with Gasteiger partial charge in [-0.2, -0.15) is 0 Å². The summed E-state index contributed by atoms with van der Waals surface area (Å²) in [5.74, 6) is 1.38. The van der Waals surface area contributed by atoms with E-state index in [1.807, 2.05) is 73.4 Å². The van der Waals surface area contributed by atoms with Crippen LogP contribution in [0.3, 0.4) is 0 Å². The molecule has 1 aliphatic rings. The van der Waals surface area contributed by atoms with Crippen LogP contribution in [0.1, 0.15) is 37.8 Å². The predicted octanol–water partition coefficient (Wildman–Crippen LogP) is 4.71. The summed E-state index contributed by atoms with van der Waals surface area (Å²) < 4.78 is 17.1. The average Bonchev–Trinajstić information content (AvgIpc) is 3.27. The Morgan fingerprint density at radius 2 is 1.87 bits per heavy atom. The van der Waals surface area contributed by atoms with E-state index in [0.717, 1.165) is 30.6 Å². The lowest BCUT2D eigenvalue weighted by atomic mass is 10.1. The Kier molecular flexibility index (Phi) is 8.33. The average molecular weight is 410 g/mol. The van der Waals surface area contributed by atoms with Crippen LogP contribution in [0.15, 0.2) is 54.6 Å². The van der Waals surface area contributed by atoms with Crippen molar-refractivity contribution in [1.29, 1.82) is 0 Å². The molecule has 30 heavy (non-hydrogen) atoms. The minimum absolute atomic E-state index is 0.0267. The quantitative estimate of drug-likeness (QED) is 0.534. The van der Waals surface area contributed by atoms with Crippen molar-refractivity contribution < 1.29 is 19.0 Å². The lowest BCUT2D eigenvalue weighted by molar-refractivity contribution is -0.128. The molecule has 1 aliphatic heterocycles. The van der Waals surface area contributed by atoms with Crippen molar-refractivity contribution in [2.24, 2.45) is 0 Å². The van der Waals surface area contributed by atoms with E-state index < -0.39 is 0 Å². The number of nitrogens with zero attached hydrogens (tertiary/aromatic N) is 1. The molecule has 0 saturated carbocycles. The zero-order valence-electron chi connectivity index (χ0n) is 17.9. The normalized spacial score (nSPS) is 16.0. The van der Waals surface area contributed by atoms with Gasteiger partial charge in [-0.3, -0.25) is 4.79 Å². The molecule has 1 saturated heterocycles.